The first-order valence-corrected chi connectivity index (χ1v) is 18.8. The summed E-state index contributed by atoms with van der Waals surface area (Å²) in [6.07, 6.45) is 28.5. The van der Waals surface area contributed by atoms with Crippen LogP contribution in [0.4, 0.5) is 0 Å². The maximum absolute atomic E-state index is 10.8. The van der Waals surface area contributed by atoms with E-state index in [1.807, 2.05) is 0 Å². The molecule has 0 aromatic carbocycles. The first-order valence-electron chi connectivity index (χ1n) is 16.9. The number of aliphatic hydroxyl groups excluding tert-OH is 1. The number of rotatable bonds is 11. The third-order valence-electron chi connectivity index (χ3n) is 12.7. The smallest absolute Gasteiger partial charge is 0.0614 e. The Bertz CT molecular complexity index is 717. The van der Waals surface area contributed by atoms with Crippen molar-refractivity contribution in [1.29, 1.82) is 0 Å². The summed E-state index contributed by atoms with van der Waals surface area (Å²) in [4.78, 5) is 0. The normalized spacial score (nSPS) is 45.4. The fourth-order valence-electron chi connectivity index (χ4n) is 10.1. The van der Waals surface area contributed by atoms with E-state index < -0.39 is 0 Å². The van der Waals surface area contributed by atoms with Crippen molar-refractivity contribution in [3.8, 4) is 0 Å². The Kier molecular flexibility index (Phi) is 9.99. The molecule has 7 atom stereocenters. The molecule has 0 radical (unpaired) electrons. The minimum absolute atomic E-state index is 0.0260. The summed E-state index contributed by atoms with van der Waals surface area (Å²) in [6.45, 7) is 7.48. The van der Waals surface area contributed by atoms with Crippen molar-refractivity contribution in [2.75, 3.05) is 11.5 Å². The van der Waals surface area contributed by atoms with E-state index in [2.05, 4.69) is 44.3 Å². The molecule has 4 aliphatic carbocycles. The van der Waals surface area contributed by atoms with Gasteiger partial charge in [0, 0.05) is 0 Å². The van der Waals surface area contributed by atoms with Crippen LogP contribution < -0.4 is 0 Å². The lowest BCUT2D eigenvalue weighted by Crippen LogP contribution is -2.55. The van der Waals surface area contributed by atoms with Crippen LogP contribution in [-0.2, 0) is 0 Å². The summed E-state index contributed by atoms with van der Waals surface area (Å²) in [7, 11) is 0. The molecular formula is C34H60OS2. The second-order valence-electron chi connectivity index (χ2n) is 14.9. The third kappa shape index (κ3) is 6.14. The van der Waals surface area contributed by atoms with E-state index in [1.165, 1.54) is 134 Å². The Morgan fingerprint density at radius 1 is 0.676 bits per heavy atom. The van der Waals surface area contributed by atoms with E-state index >= 15 is 0 Å². The predicted octanol–water partition coefficient (Wildman–Crippen LogP) is 10.5. The van der Waals surface area contributed by atoms with Gasteiger partial charge in [-0.1, -0.05) is 85.0 Å². The molecule has 1 N–H and O–H groups in total. The van der Waals surface area contributed by atoms with Gasteiger partial charge in [0.05, 0.1) is 10.2 Å². The molecule has 0 amide bonds. The monoisotopic (exact) mass is 548 g/mol. The highest BCUT2D eigenvalue weighted by atomic mass is 32.2. The highest BCUT2D eigenvalue weighted by molar-refractivity contribution is 8.18. The summed E-state index contributed by atoms with van der Waals surface area (Å²) >= 11 is 4.81. The van der Waals surface area contributed by atoms with Crippen molar-refractivity contribution in [2.24, 2.45) is 40.4 Å². The molecule has 0 aromatic rings. The summed E-state index contributed by atoms with van der Waals surface area (Å²) in [5.41, 5.74) is 0.815. The average molecular weight is 549 g/mol. The van der Waals surface area contributed by atoms with Crippen molar-refractivity contribution in [3.63, 3.8) is 0 Å². The molecule has 3 heteroatoms. The zero-order valence-electron chi connectivity index (χ0n) is 24.8. The number of hydrogen-bond donors (Lipinski definition) is 1. The predicted molar refractivity (Wildman–Crippen MR) is 165 cm³/mol. The SMILES string of the molecule is CCCCCCCCCCCCC1CSC2(CC[C@@]3(C)[C@H](CC[C@@H]4[C@@H]3CC[C@]3(C)[C@@H](O)CC[C@@H]43)C2)SC1. The van der Waals surface area contributed by atoms with Crippen LogP contribution in [0.3, 0.4) is 0 Å². The van der Waals surface area contributed by atoms with Crippen LogP contribution in [0.5, 0.6) is 0 Å². The summed E-state index contributed by atoms with van der Waals surface area (Å²) in [6, 6.07) is 0. The first-order chi connectivity index (χ1) is 17.9. The molecule has 1 heterocycles. The molecule has 214 valence electrons. The zero-order valence-corrected chi connectivity index (χ0v) is 26.4. The topological polar surface area (TPSA) is 20.2 Å². The fraction of sp³-hybridized carbons (Fsp3) is 1.00. The Labute approximate surface area is 239 Å². The lowest BCUT2D eigenvalue weighted by atomic mass is 9.45. The van der Waals surface area contributed by atoms with Crippen molar-refractivity contribution in [3.05, 3.63) is 0 Å². The molecule has 37 heavy (non-hydrogen) atoms. The van der Waals surface area contributed by atoms with Gasteiger partial charge in [0.2, 0.25) is 0 Å². The summed E-state index contributed by atoms with van der Waals surface area (Å²) in [5, 5.41) is 10.8. The molecule has 5 rings (SSSR count). The van der Waals surface area contributed by atoms with Crippen LogP contribution in [0.25, 0.3) is 0 Å². The molecule has 0 bridgehead atoms. The van der Waals surface area contributed by atoms with Crippen molar-refractivity contribution < 1.29 is 5.11 Å². The Morgan fingerprint density at radius 2 is 1.32 bits per heavy atom. The van der Waals surface area contributed by atoms with Crippen molar-refractivity contribution >= 4 is 23.5 Å². The molecule has 4 saturated carbocycles. The van der Waals surface area contributed by atoms with Crippen molar-refractivity contribution in [1.82, 2.24) is 0 Å². The van der Waals surface area contributed by atoms with Crippen LogP contribution >= 0.6 is 23.5 Å². The van der Waals surface area contributed by atoms with E-state index in [1.54, 1.807) is 0 Å². The fourth-order valence-corrected chi connectivity index (χ4v) is 13.8. The average Bonchev–Trinajstić information content (AvgIpc) is 3.21. The van der Waals surface area contributed by atoms with Gasteiger partial charge in [-0.2, -0.15) is 0 Å². The van der Waals surface area contributed by atoms with Crippen LogP contribution in [0.2, 0.25) is 0 Å². The maximum atomic E-state index is 10.8. The second kappa shape index (κ2) is 12.7. The van der Waals surface area contributed by atoms with Gasteiger partial charge < -0.3 is 5.11 Å². The Hall–Kier alpha value is 0.660. The molecule has 1 saturated heterocycles. The number of thioether (sulfide) groups is 2. The van der Waals surface area contributed by atoms with E-state index in [-0.39, 0.29) is 11.5 Å². The molecule has 0 unspecified atom stereocenters. The Morgan fingerprint density at radius 3 is 2.03 bits per heavy atom. The summed E-state index contributed by atoms with van der Waals surface area (Å²) in [5.74, 6) is 7.47. The second-order valence-corrected chi connectivity index (χ2v) is 17.9. The molecule has 1 nitrogen and oxygen atoms in total. The highest BCUT2D eigenvalue weighted by Crippen LogP contribution is 2.69. The maximum Gasteiger partial charge on any atom is 0.0614 e. The van der Waals surface area contributed by atoms with Gasteiger partial charge in [-0.3, -0.25) is 0 Å². The van der Waals surface area contributed by atoms with E-state index in [0.29, 0.717) is 9.49 Å². The molecule has 1 aliphatic heterocycles. The van der Waals surface area contributed by atoms with Crippen LogP contribution in [0.15, 0.2) is 0 Å². The van der Waals surface area contributed by atoms with Crippen molar-refractivity contribution in [2.45, 2.75) is 159 Å². The van der Waals surface area contributed by atoms with E-state index in [0.717, 1.165) is 36.0 Å². The van der Waals surface area contributed by atoms with Crippen LogP contribution in [0, 0.1) is 40.4 Å². The molecular weight excluding hydrogens is 489 g/mol. The van der Waals surface area contributed by atoms with Gasteiger partial charge in [-0.15, -0.1) is 23.5 Å². The quantitative estimate of drug-likeness (QED) is 0.259. The van der Waals surface area contributed by atoms with Gasteiger partial charge in [0.15, 0.2) is 0 Å². The number of fused-ring (bicyclic) bond motifs is 5. The van der Waals surface area contributed by atoms with Gasteiger partial charge in [-0.05, 0) is 116 Å². The minimum atomic E-state index is -0.0260. The van der Waals surface area contributed by atoms with Gasteiger partial charge >= 0.3 is 0 Å². The third-order valence-corrected chi connectivity index (χ3v) is 16.5. The van der Waals surface area contributed by atoms with E-state index in [4.69, 9.17) is 0 Å². The van der Waals surface area contributed by atoms with Crippen LogP contribution in [0.1, 0.15) is 149 Å². The lowest BCUT2D eigenvalue weighted by molar-refractivity contribution is -0.121. The minimum Gasteiger partial charge on any atom is -0.393 e. The number of hydrogen-bond acceptors (Lipinski definition) is 3. The van der Waals surface area contributed by atoms with E-state index in [9.17, 15) is 5.11 Å². The summed E-state index contributed by atoms with van der Waals surface area (Å²) < 4.78 is 0.554. The Balaban J connectivity index is 1.03. The molecule has 0 aromatic heterocycles. The standard InChI is InChI=1S/C34H60OS2/c1-4-5-6-7-8-9-10-11-12-13-14-26-24-36-34(37-25-26)22-21-32(2)27(23-34)15-16-28-29-17-18-31(35)33(29,3)20-19-30(28)32/h26-31,35H,4-25H2,1-3H3/t26?,27-,28+,29+,30+,31+,32+,33+,34?/m1/s1. The zero-order chi connectivity index (χ0) is 25.9. The van der Waals surface area contributed by atoms with Gasteiger partial charge in [-0.25, -0.2) is 0 Å². The molecule has 5 fully saturated rings. The van der Waals surface area contributed by atoms with Gasteiger partial charge in [0.1, 0.15) is 0 Å². The van der Waals surface area contributed by atoms with Gasteiger partial charge in [0.25, 0.3) is 0 Å². The largest absolute Gasteiger partial charge is 0.393 e. The highest BCUT2D eigenvalue weighted by Gasteiger charge is 2.61. The first kappa shape index (κ1) is 29.2. The number of unbranched alkanes of at least 4 members (excludes halogenated alkanes) is 9. The van der Waals surface area contributed by atoms with Crippen LogP contribution in [-0.4, -0.2) is 26.8 Å². The number of aliphatic hydroxyl groups is 1. The molecule has 1 spiro atoms. The molecule has 5 aliphatic rings. The lowest BCUT2D eigenvalue weighted by Gasteiger charge is -2.62.